The van der Waals surface area contributed by atoms with Crippen LogP contribution in [0.5, 0.6) is 0 Å². The summed E-state index contributed by atoms with van der Waals surface area (Å²) in [5.41, 5.74) is 0.878. The van der Waals surface area contributed by atoms with Gasteiger partial charge in [-0.2, -0.15) is 0 Å². The summed E-state index contributed by atoms with van der Waals surface area (Å²) < 4.78 is 25.3. The van der Waals surface area contributed by atoms with E-state index in [1.54, 1.807) is 24.3 Å². The maximum atomic E-state index is 12.4. The van der Waals surface area contributed by atoms with Crippen molar-refractivity contribution in [2.75, 3.05) is 16.6 Å². The van der Waals surface area contributed by atoms with Gasteiger partial charge in [-0.25, -0.2) is 8.42 Å². The van der Waals surface area contributed by atoms with Gasteiger partial charge in [0.1, 0.15) is 0 Å². The molecule has 2 N–H and O–H groups in total. The zero-order valence-electron chi connectivity index (χ0n) is 13.1. The minimum Gasteiger partial charge on any atom is -0.481 e. The van der Waals surface area contributed by atoms with E-state index in [4.69, 9.17) is 5.11 Å². The summed E-state index contributed by atoms with van der Waals surface area (Å²) >= 11 is 0. The molecule has 0 bridgehead atoms. The van der Waals surface area contributed by atoms with Gasteiger partial charge in [0.05, 0.1) is 17.4 Å². The predicted octanol–water partition coefficient (Wildman–Crippen LogP) is 1.21. The van der Waals surface area contributed by atoms with E-state index >= 15 is 0 Å². The first-order valence-corrected chi connectivity index (χ1v) is 9.62. The molecule has 0 spiro atoms. The van der Waals surface area contributed by atoms with Crippen molar-refractivity contribution in [3.05, 3.63) is 29.8 Å². The minimum atomic E-state index is -3.29. The predicted molar refractivity (Wildman–Crippen MR) is 88.4 cm³/mol. The second-order valence-electron chi connectivity index (χ2n) is 6.31. The molecule has 2 aliphatic rings. The largest absolute Gasteiger partial charge is 0.481 e. The van der Waals surface area contributed by atoms with Crippen LogP contribution < -0.4 is 9.62 Å². The lowest BCUT2D eigenvalue weighted by atomic mass is 10.1. The average Bonchev–Trinajstić information content (AvgIpc) is 3.13. The van der Waals surface area contributed by atoms with Gasteiger partial charge in [-0.3, -0.25) is 13.9 Å². The third kappa shape index (κ3) is 3.38. The van der Waals surface area contributed by atoms with E-state index in [-0.39, 0.29) is 17.7 Å². The molecule has 8 heteroatoms. The van der Waals surface area contributed by atoms with Crippen LogP contribution in [0.15, 0.2) is 24.3 Å². The molecule has 2 fully saturated rings. The number of hydrogen-bond donors (Lipinski definition) is 2. The van der Waals surface area contributed by atoms with Gasteiger partial charge < -0.3 is 10.4 Å². The Balaban J connectivity index is 1.70. The summed E-state index contributed by atoms with van der Waals surface area (Å²) in [6.07, 6.45) is 2.22. The van der Waals surface area contributed by atoms with E-state index in [0.717, 1.165) is 0 Å². The average molecular weight is 352 g/mol. The van der Waals surface area contributed by atoms with Gasteiger partial charge in [-0.15, -0.1) is 0 Å². The smallest absolute Gasteiger partial charge is 0.306 e. The SMILES string of the molecule is O=C(N[C@@H]1CC[C@H](C(=O)O)C1)c1cccc(N2CCCS2(=O)=O)c1. The number of carboxylic acid groups (broad SMARTS) is 1. The van der Waals surface area contributed by atoms with Crippen LogP contribution in [-0.2, 0) is 14.8 Å². The van der Waals surface area contributed by atoms with Crippen LogP contribution in [0.4, 0.5) is 5.69 Å². The number of anilines is 1. The first kappa shape index (κ1) is 16.8. The van der Waals surface area contributed by atoms with Crippen molar-refractivity contribution < 1.29 is 23.1 Å². The molecule has 1 heterocycles. The summed E-state index contributed by atoms with van der Waals surface area (Å²) in [7, 11) is -3.29. The van der Waals surface area contributed by atoms with Crippen LogP contribution in [0.25, 0.3) is 0 Å². The fourth-order valence-electron chi connectivity index (χ4n) is 3.34. The van der Waals surface area contributed by atoms with Gasteiger partial charge in [-0.05, 0) is 43.9 Å². The molecule has 0 radical (unpaired) electrons. The molecule has 130 valence electrons. The maximum absolute atomic E-state index is 12.4. The minimum absolute atomic E-state index is 0.127. The van der Waals surface area contributed by atoms with Crippen LogP contribution in [0.2, 0.25) is 0 Å². The number of hydrogen-bond acceptors (Lipinski definition) is 4. The van der Waals surface area contributed by atoms with E-state index in [2.05, 4.69) is 5.32 Å². The molecule has 3 rings (SSSR count). The van der Waals surface area contributed by atoms with Crippen LogP contribution in [0, 0.1) is 5.92 Å². The Hall–Kier alpha value is -2.09. The fraction of sp³-hybridized carbons (Fsp3) is 0.500. The van der Waals surface area contributed by atoms with Crippen LogP contribution in [-0.4, -0.2) is 43.7 Å². The second-order valence-corrected chi connectivity index (χ2v) is 8.32. The molecule has 1 amide bonds. The van der Waals surface area contributed by atoms with Crippen molar-refractivity contribution in [1.82, 2.24) is 5.32 Å². The van der Waals surface area contributed by atoms with Crippen molar-refractivity contribution in [2.24, 2.45) is 5.92 Å². The van der Waals surface area contributed by atoms with Crippen LogP contribution in [0.1, 0.15) is 36.0 Å². The lowest BCUT2D eigenvalue weighted by molar-refractivity contribution is -0.141. The van der Waals surface area contributed by atoms with Gasteiger partial charge in [0, 0.05) is 18.2 Å². The Morgan fingerprint density at radius 2 is 2.04 bits per heavy atom. The highest BCUT2D eigenvalue weighted by molar-refractivity contribution is 7.93. The van der Waals surface area contributed by atoms with Crippen molar-refractivity contribution in [3.8, 4) is 0 Å². The standard InChI is InChI=1S/C16H20N2O5S/c19-15(17-13-6-5-12(9-13)16(20)21)11-3-1-4-14(10-11)18-7-2-8-24(18,22)23/h1,3-4,10,12-13H,2,5-9H2,(H,17,19)(H,20,21)/t12-,13+/m0/s1. The number of nitrogens with one attached hydrogen (secondary N) is 1. The molecule has 1 aromatic rings. The first-order valence-electron chi connectivity index (χ1n) is 8.01. The van der Waals surface area contributed by atoms with Crippen molar-refractivity contribution >= 4 is 27.6 Å². The van der Waals surface area contributed by atoms with Gasteiger partial charge in [0.25, 0.3) is 5.91 Å². The Kier molecular flexibility index (Phi) is 4.49. The molecule has 1 saturated heterocycles. The molecule has 0 unspecified atom stereocenters. The topological polar surface area (TPSA) is 104 Å². The number of carbonyl (C=O) groups excluding carboxylic acids is 1. The Labute approximate surface area is 140 Å². The summed E-state index contributed by atoms with van der Waals surface area (Å²) in [5.74, 6) is -1.41. The Morgan fingerprint density at radius 3 is 2.67 bits per heavy atom. The van der Waals surface area contributed by atoms with Crippen molar-refractivity contribution in [2.45, 2.75) is 31.7 Å². The third-order valence-electron chi connectivity index (χ3n) is 4.61. The van der Waals surface area contributed by atoms with E-state index < -0.39 is 21.9 Å². The zero-order chi connectivity index (χ0) is 17.3. The number of benzene rings is 1. The number of amides is 1. The van der Waals surface area contributed by atoms with Gasteiger partial charge in [0.15, 0.2) is 0 Å². The lowest BCUT2D eigenvalue weighted by Gasteiger charge is -2.18. The van der Waals surface area contributed by atoms with Crippen LogP contribution >= 0.6 is 0 Å². The van der Waals surface area contributed by atoms with E-state index in [9.17, 15) is 18.0 Å². The fourth-order valence-corrected chi connectivity index (χ4v) is 4.89. The molecule has 1 aromatic carbocycles. The highest BCUT2D eigenvalue weighted by Crippen LogP contribution is 2.27. The molecule has 1 aliphatic carbocycles. The summed E-state index contributed by atoms with van der Waals surface area (Å²) in [5, 5.41) is 11.9. The Morgan fingerprint density at radius 1 is 1.25 bits per heavy atom. The van der Waals surface area contributed by atoms with E-state index in [0.29, 0.717) is 43.5 Å². The van der Waals surface area contributed by atoms with E-state index in [1.165, 1.54) is 4.31 Å². The highest BCUT2D eigenvalue weighted by atomic mass is 32.2. The first-order chi connectivity index (χ1) is 11.4. The second kappa shape index (κ2) is 6.43. The lowest BCUT2D eigenvalue weighted by Crippen LogP contribution is -2.33. The van der Waals surface area contributed by atoms with Crippen molar-refractivity contribution in [3.63, 3.8) is 0 Å². The molecule has 1 saturated carbocycles. The summed E-state index contributed by atoms with van der Waals surface area (Å²) in [6.45, 7) is 0.427. The number of carboxylic acids is 1. The quantitative estimate of drug-likeness (QED) is 0.848. The highest BCUT2D eigenvalue weighted by Gasteiger charge is 2.31. The zero-order valence-corrected chi connectivity index (χ0v) is 14.0. The summed E-state index contributed by atoms with van der Waals surface area (Å²) in [6, 6.07) is 6.38. The number of rotatable bonds is 4. The molecule has 0 aromatic heterocycles. The van der Waals surface area contributed by atoms with E-state index in [1.807, 2.05) is 0 Å². The molecule has 24 heavy (non-hydrogen) atoms. The van der Waals surface area contributed by atoms with Gasteiger partial charge in [-0.1, -0.05) is 6.07 Å². The molecular weight excluding hydrogens is 332 g/mol. The van der Waals surface area contributed by atoms with Crippen LogP contribution in [0.3, 0.4) is 0 Å². The van der Waals surface area contributed by atoms with Gasteiger partial charge >= 0.3 is 5.97 Å². The number of carbonyl (C=O) groups is 2. The molecule has 7 nitrogen and oxygen atoms in total. The molecular formula is C16H20N2O5S. The number of sulfonamides is 1. The Bertz CT molecular complexity index is 761. The van der Waals surface area contributed by atoms with Crippen molar-refractivity contribution in [1.29, 1.82) is 0 Å². The molecule has 2 atom stereocenters. The number of nitrogens with zero attached hydrogens (tertiary/aromatic N) is 1. The summed E-state index contributed by atoms with van der Waals surface area (Å²) in [4.78, 5) is 23.4. The maximum Gasteiger partial charge on any atom is 0.306 e. The third-order valence-corrected chi connectivity index (χ3v) is 6.48. The normalized spacial score (nSPS) is 25.6. The van der Waals surface area contributed by atoms with Gasteiger partial charge in [0.2, 0.25) is 10.0 Å². The monoisotopic (exact) mass is 352 g/mol. The number of aliphatic carboxylic acids is 1. The molecule has 1 aliphatic heterocycles.